The van der Waals surface area contributed by atoms with Gasteiger partial charge in [-0.1, -0.05) is 51.0 Å². The van der Waals surface area contributed by atoms with Crippen molar-refractivity contribution in [3.63, 3.8) is 0 Å². The van der Waals surface area contributed by atoms with Crippen molar-refractivity contribution in [3.8, 4) is 0 Å². The van der Waals surface area contributed by atoms with Gasteiger partial charge in [-0.2, -0.15) is 0 Å². The number of aliphatic hydroxyl groups is 2. The molecule has 0 radical (unpaired) electrons. The number of hydrogen-bond donors (Lipinski definition) is 2. The zero-order chi connectivity index (χ0) is 37.3. The van der Waals surface area contributed by atoms with Gasteiger partial charge in [0.25, 0.3) is 0 Å². The van der Waals surface area contributed by atoms with Gasteiger partial charge in [0.1, 0.15) is 11.6 Å². The third kappa shape index (κ3) is 8.68. The fraction of sp³-hybridized carbons (Fsp3) is 0.857. The standard InChI is InChI=1S/2C21H32O2.2Na.H2O4S/c2*1-13(22)17-6-7-18-16-5-4-14-12-15(23)8-10-20(14,2)19(16)9-11-21(17,18)3;;;1-5(2,3)4/h2*4,15-19,23H,5-12H2,1-3H3;;;(H2,1,2,3,4)/q;;2*+1;/p-2/t15?,16?,17-,18?,19?,20+,21-;15?,16-,17-,18?,19-,20+,21-;;;/m11.../s1. The molecule has 0 bridgehead atoms. The number of rotatable bonds is 2. The topological polar surface area (TPSA) is 155 Å². The molecule has 8 nitrogen and oxygen atoms in total. The van der Waals surface area contributed by atoms with E-state index in [-0.39, 0.29) is 82.2 Å². The van der Waals surface area contributed by atoms with Crippen LogP contribution in [0, 0.1) is 69.0 Å². The molecule has 0 saturated heterocycles. The third-order valence-electron chi connectivity index (χ3n) is 17.1. The maximum absolute atomic E-state index is 12.2. The molecule has 6 fully saturated rings. The molecular weight excluding hydrogens is 711 g/mol. The Morgan fingerprint density at radius 3 is 1.26 bits per heavy atom. The third-order valence-corrected chi connectivity index (χ3v) is 17.1. The molecule has 14 atom stereocenters. The number of allylic oxidation sites excluding steroid dienone is 2. The molecule has 0 heterocycles. The molecule has 2 N–H and O–H groups in total. The first-order valence-corrected chi connectivity index (χ1v) is 21.5. The fourth-order valence-electron chi connectivity index (χ4n) is 14.6. The second-order valence-corrected chi connectivity index (χ2v) is 20.1. The van der Waals surface area contributed by atoms with Crippen molar-refractivity contribution >= 4 is 22.0 Å². The predicted octanol–water partition coefficient (Wildman–Crippen LogP) is 1.70. The number of ketones is 2. The van der Waals surface area contributed by atoms with Crippen molar-refractivity contribution in [3.05, 3.63) is 23.3 Å². The van der Waals surface area contributed by atoms with Crippen LogP contribution < -0.4 is 59.1 Å². The van der Waals surface area contributed by atoms with Crippen LogP contribution in [-0.2, 0) is 20.0 Å². The largest absolute Gasteiger partial charge is 1.00 e. The average Bonchev–Trinajstić information content (AvgIpc) is 3.58. The number of carbonyl (C=O) groups excluding carboxylic acids is 2. The van der Waals surface area contributed by atoms with Crippen LogP contribution in [0.3, 0.4) is 0 Å². The average molecular weight is 775 g/mol. The van der Waals surface area contributed by atoms with E-state index in [0.29, 0.717) is 34.2 Å². The molecule has 0 aromatic rings. The Labute approximate surface area is 364 Å². The minimum Gasteiger partial charge on any atom is -0.759 e. The van der Waals surface area contributed by atoms with E-state index in [1.165, 1.54) is 51.4 Å². The molecule has 0 aliphatic heterocycles. The van der Waals surface area contributed by atoms with Gasteiger partial charge in [-0.3, -0.25) is 18.0 Å². The normalized spacial score (nSPS) is 46.4. The molecule has 0 spiro atoms. The van der Waals surface area contributed by atoms with Crippen molar-refractivity contribution in [1.29, 1.82) is 0 Å². The maximum Gasteiger partial charge on any atom is 1.00 e. The Hall–Kier alpha value is 0.610. The first-order chi connectivity index (χ1) is 23.7. The Bertz CT molecular complexity index is 1440. The van der Waals surface area contributed by atoms with Crippen LogP contribution >= 0.6 is 0 Å². The molecule has 6 saturated carbocycles. The van der Waals surface area contributed by atoms with E-state index in [2.05, 4.69) is 39.8 Å². The van der Waals surface area contributed by atoms with Gasteiger partial charge in [0.05, 0.1) is 12.2 Å². The van der Waals surface area contributed by atoms with E-state index >= 15 is 0 Å². The number of hydrogen-bond acceptors (Lipinski definition) is 8. The Balaban J connectivity index is 0.000000203. The molecule has 0 aromatic carbocycles. The predicted molar refractivity (Wildman–Crippen MR) is 194 cm³/mol. The van der Waals surface area contributed by atoms with E-state index in [1.54, 1.807) is 11.1 Å². The second-order valence-electron chi connectivity index (χ2n) is 19.3. The van der Waals surface area contributed by atoms with Crippen LogP contribution in [0.25, 0.3) is 0 Å². The summed E-state index contributed by atoms with van der Waals surface area (Å²) in [5.41, 5.74) is 4.23. The Morgan fingerprint density at radius 2 is 0.943 bits per heavy atom. The fourth-order valence-corrected chi connectivity index (χ4v) is 14.6. The molecule has 288 valence electrons. The summed E-state index contributed by atoms with van der Waals surface area (Å²) in [5.74, 6) is 6.01. The van der Waals surface area contributed by atoms with Gasteiger partial charge in [-0.05, 0) is 174 Å². The first kappa shape index (κ1) is 46.3. The molecule has 11 heteroatoms. The van der Waals surface area contributed by atoms with Crippen LogP contribution in [0.15, 0.2) is 23.3 Å². The van der Waals surface area contributed by atoms with Gasteiger partial charge in [0.2, 0.25) is 0 Å². The summed E-state index contributed by atoms with van der Waals surface area (Å²) in [4.78, 5) is 24.3. The van der Waals surface area contributed by atoms with E-state index in [4.69, 9.17) is 17.5 Å². The van der Waals surface area contributed by atoms with Gasteiger partial charge >= 0.3 is 59.1 Å². The van der Waals surface area contributed by atoms with E-state index in [9.17, 15) is 19.8 Å². The van der Waals surface area contributed by atoms with Gasteiger partial charge < -0.3 is 19.3 Å². The summed E-state index contributed by atoms with van der Waals surface area (Å²) in [6, 6.07) is 0. The summed E-state index contributed by atoms with van der Waals surface area (Å²) in [7, 11) is -5.17. The van der Waals surface area contributed by atoms with Crippen molar-refractivity contribution in [2.75, 3.05) is 0 Å². The van der Waals surface area contributed by atoms with Crippen molar-refractivity contribution in [2.45, 2.75) is 156 Å². The molecule has 6 unspecified atom stereocenters. The molecule has 8 aliphatic carbocycles. The number of fused-ring (bicyclic) bond motifs is 10. The zero-order valence-electron chi connectivity index (χ0n) is 34.0. The van der Waals surface area contributed by atoms with Gasteiger partial charge in [-0.25, -0.2) is 0 Å². The Morgan fingerprint density at radius 1 is 0.604 bits per heavy atom. The number of Topliss-reactive ketones (excluding diaryl/α,β-unsaturated/α-hetero) is 2. The molecular formula is C42H64Na2O8S. The molecule has 0 aromatic heterocycles. The van der Waals surface area contributed by atoms with Crippen LogP contribution in [0.1, 0.15) is 144 Å². The second kappa shape index (κ2) is 17.1. The van der Waals surface area contributed by atoms with E-state index in [0.717, 1.165) is 86.9 Å². The summed E-state index contributed by atoms with van der Waals surface area (Å²) in [6.45, 7) is 13.4. The van der Waals surface area contributed by atoms with Crippen molar-refractivity contribution in [2.24, 2.45) is 69.0 Å². The summed E-state index contributed by atoms with van der Waals surface area (Å²) >= 11 is 0. The molecule has 53 heavy (non-hydrogen) atoms. The van der Waals surface area contributed by atoms with Gasteiger partial charge in [-0.15, -0.1) is 0 Å². The van der Waals surface area contributed by atoms with E-state index in [1.807, 2.05) is 13.8 Å². The van der Waals surface area contributed by atoms with Crippen LogP contribution in [-0.4, -0.2) is 51.5 Å². The summed E-state index contributed by atoms with van der Waals surface area (Å²) < 4.78 is 34.1. The van der Waals surface area contributed by atoms with Crippen LogP contribution in [0.4, 0.5) is 0 Å². The quantitative estimate of drug-likeness (QED) is 0.186. The van der Waals surface area contributed by atoms with E-state index < -0.39 is 10.4 Å². The minimum absolute atomic E-state index is 0. The number of aliphatic hydroxyl groups excluding tert-OH is 2. The number of carbonyl (C=O) groups is 2. The van der Waals surface area contributed by atoms with Crippen LogP contribution in [0.2, 0.25) is 0 Å². The summed E-state index contributed by atoms with van der Waals surface area (Å²) in [5, 5.41) is 20.1. The first-order valence-electron chi connectivity index (χ1n) is 20.1. The molecule has 8 rings (SSSR count). The van der Waals surface area contributed by atoms with Gasteiger partial charge in [0.15, 0.2) is 0 Å². The maximum atomic E-state index is 12.2. The summed E-state index contributed by atoms with van der Waals surface area (Å²) in [6.07, 6.45) is 22.9. The van der Waals surface area contributed by atoms with Gasteiger partial charge in [0, 0.05) is 22.2 Å². The smallest absolute Gasteiger partial charge is 0.759 e. The molecule has 0 amide bonds. The van der Waals surface area contributed by atoms with Crippen molar-refractivity contribution < 1.29 is 96.4 Å². The SMILES string of the molecule is CC(=O)[C@H]1CCC2C3CC=C4CC(O)CC[C@]4(C)C3CC[C@@]21C.CC(=O)[C@H]1CCC2[C@H]3CC=C4CC(O)CC[C@]4(C)[C@@H]3CC[C@@]21C.O=S(=O)([O-])[O-].[Na+].[Na+]. The monoisotopic (exact) mass is 774 g/mol. The minimum atomic E-state index is -5.17. The zero-order valence-corrected chi connectivity index (χ0v) is 38.8. The molecule has 8 aliphatic rings. The van der Waals surface area contributed by atoms with Crippen molar-refractivity contribution in [1.82, 2.24) is 0 Å². The van der Waals surface area contributed by atoms with Crippen LogP contribution in [0.5, 0.6) is 0 Å². The Kier molecular flexibility index (Phi) is 14.9.